The molecule has 70 heavy (non-hydrogen) atoms. The van der Waals surface area contributed by atoms with Crippen molar-refractivity contribution in [3.05, 3.63) is 218 Å². The Labute approximate surface area is 404 Å². The molecule has 12 nitrogen and oxygen atoms in total. The van der Waals surface area contributed by atoms with Gasteiger partial charge in [-0.15, -0.1) is 0 Å². The molecule has 12 heteroatoms. The minimum Gasteiger partial charge on any atom is -0.389 e. The van der Waals surface area contributed by atoms with Crippen molar-refractivity contribution >= 4 is 11.8 Å². The highest BCUT2D eigenvalue weighted by atomic mass is 16.7. The van der Waals surface area contributed by atoms with Gasteiger partial charge in [-0.05, 0) is 83.9 Å². The highest BCUT2D eigenvalue weighted by Crippen LogP contribution is 2.41. The predicted octanol–water partition coefficient (Wildman–Crippen LogP) is 11.6. The quantitative estimate of drug-likeness (QED) is 0.0747. The van der Waals surface area contributed by atoms with Gasteiger partial charge in [-0.3, -0.25) is 29.6 Å². The molecule has 10 rings (SSSR count). The molecule has 0 aliphatic rings. The lowest BCUT2D eigenvalue weighted by atomic mass is 10.0. The Kier molecular flexibility index (Phi) is 12.9. The fourth-order valence-electron chi connectivity index (χ4n) is 8.31. The molecule has 8 aromatic carbocycles. The number of carbonyl (C=O) groups is 2. The van der Waals surface area contributed by atoms with Gasteiger partial charge in [0.15, 0.2) is 0 Å². The summed E-state index contributed by atoms with van der Waals surface area (Å²) in [6.45, 7) is 2.80. The van der Waals surface area contributed by atoms with Crippen molar-refractivity contribution in [1.29, 1.82) is 0 Å². The monoisotopic (exact) mass is 918 g/mol. The number of nitrogens with zero attached hydrogens (tertiary/aromatic N) is 4. The van der Waals surface area contributed by atoms with Crippen molar-refractivity contribution in [2.45, 2.75) is 13.8 Å². The van der Waals surface area contributed by atoms with Crippen LogP contribution in [0.1, 0.15) is 13.8 Å². The molecular weight excluding hydrogens is 873 g/mol. The third-order valence-electron chi connectivity index (χ3n) is 11.5. The number of hydrogen-bond donors (Lipinski definition) is 4. The first-order chi connectivity index (χ1) is 34.4. The Morgan fingerprint density at radius 2 is 0.657 bits per heavy atom. The van der Waals surface area contributed by atoms with Gasteiger partial charge in [-0.2, -0.15) is 0 Å². The molecule has 2 heterocycles. The van der Waals surface area contributed by atoms with Gasteiger partial charge in [0, 0.05) is 58.6 Å². The van der Waals surface area contributed by atoms with E-state index in [1.54, 1.807) is 0 Å². The molecule has 0 aliphatic heterocycles. The Balaban J connectivity index is 1.05. The van der Waals surface area contributed by atoms with Gasteiger partial charge in [0.25, 0.3) is 0 Å². The van der Waals surface area contributed by atoms with E-state index in [2.05, 4.69) is 128 Å². The van der Waals surface area contributed by atoms with Crippen LogP contribution in [0, 0.1) is 0 Å². The zero-order valence-electron chi connectivity index (χ0n) is 38.2. The number of aromatic nitrogens is 4. The number of benzene rings is 8. The highest BCUT2D eigenvalue weighted by molar-refractivity contribution is 5.86. The van der Waals surface area contributed by atoms with Crippen LogP contribution >= 0.6 is 0 Å². The summed E-state index contributed by atoms with van der Waals surface area (Å²) >= 11 is 0. The number of amides is 2. The van der Waals surface area contributed by atoms with E-state index >= 15 is 0 Å². The molecule has 2 amide bonds. The number of rotatable bonds is 15. The van der Waals surface area contributed by atoms with Crippen LogP contribution in [0.2, 0.25) is 0 Å². The van der Waals surface area contributed by atoms with E-state index in [4.69, 9.17) is 19.6 Å². The summed E-state index contributed by atoms with van der Waals surface area (Å²) in [6.07, 6.45) is 0. The fourth-order valence-corrected chi connectivity index (χ4v) is 8.31. The summed E-state index contributed by atoms with van der Waals surface area (Å²) < 4.78 is 4.42. The molecule has 0 unspecified atom stereocenters. The Morgan fingerprint density at radius 3 is 0.971 bits per heavy atom. The Bertz CT molecular complexity index is 3150. The smallest absolute Gasteiger partial charge is 0.233 e. The third-order valence-corrected chi connectivity index (χ3v) is 11.5. The molecule has 2 aromatic heterocycles. The SMILES string of the molecule is CC(=O)NNOc1ccc(-c2nc(-c3ccccc3)c(-c3ccccc3)n2-c2ccc(-c3ccc(-n4c(-c5ccc(ONNC(C)=O)cc5)nc(-c5ccccc5)c4-c4ccccc4)cc3)cc2)cc1. The molecule has 4 N–H and O–H groups in total. The summed E-state index contributed by atoms with van der Waals surface area (Å²) in [5.41, 5.74) is 23.1. The summed E-state index contributed by atoms with van der Waals surface area (Å²) in [7, 11) is 0. The minimum absolute atomic E-state index is 0.270. The summed E-state index contributed by atoms with van der Waals surface area (Å²) in [5, 5.41) is 0. The normalized spacial score (nSPS) is 10.9. The van der Waals surface area contributed by atoms with E-state index in [9.17, 15) is 9.59 Å². The Morgan fingerprint density at radius 1 is 0.357 bits per heavy atom. The first-order valence-corrected chi connectivity index (χ1v) is 22.6. The van der Waals surface area contributed by atoms with E-state index in [1.165, 1.54) is 13.8 Å². The van der Waals surface area contributed by atoms with Gasteiger partial charge in [0.05, 0.1) is 22.8 Å². The van der Waals surface area contributed by atoms with Crippen molar-refractivity contribution in [1.82, 2.24) is 41.1 Å². The second kappa shape index (κ2) is 20.2. The van der Waals surface area contributed by atoms with E-state index in [1.807, 2.05) is 121 Å². The van der Waals surface area contributed by atoms with E-state index < -0.39 is 0 Å². The van der Waals surface area contributed by atoms with E-state index in [0.717, 1.165) is 90.3 Å². The lowest BCUT2D eigenvalue weighted by molar-refractivity contribution is -0.123. The minimum atomic E-state index is -0.270. The van der Waals surface area contributed by atoms with Gasteiger partial charge < -0.3 is 9.68 Å². The summed E-state index contributed by atoms with van der Waals surface area (Å²) in [6, 6.07) is 73.4. The van der Waals surface area contributed by atoms with Crippen LogP contribution in [-0.2, 0) is 9.59 Å². The van der Waals surface area contributed by atoms with Crippen LogP contribution in [0.25, 0.3) is 90.3 Å². The fraction of sp³-hybridized carbons (Fsp3) is 0.0345. The third kappa shape index (κ3) is 9.58. The zero-order valence-corrected chi connectivity index (χ0v) is 38.2. The number of hydrogen-bond acceptors (Lipinski definition) is 8. The summed E-state index contributed by atoms with van der Waals surface area (Å²) in [4.78, 5) is 44.6. The van der Waals surface area contributed by atoms with Crippen LogP contribution in [0.5, 0.6) is 11.5 Å². The van der Waals surface area contributed by atoms with Crippen molar-refractivity contribution in [2.24, 2.45) is 0 Å². The second-order valence-corrected chi connectivity index (χ2v) is 16.3. The van der Waals surface area contributed by atoms with Gasteiger partial charge in [-0.1, -0.05) is 157 Å². The average molecular weight is 919 g/mol. The first kappa shape index (κ1) is 44.5. The van der Waals surface area contributed by atoms with Crippen molar-refractivity contribution < 1.29 is 19.3 Å². The average Bonchev–Trinajstić information content (AvgIpc) is 4.01. The second-order valence-electron chi connectivity index (χ2n) is 16.3. The highest BCUT2D eigenvalue weighted by Gasteiger charge is 2.25. The zero-order chi connectivity index (χ0) is 47.8. The molecule has 0 radical (unpaired) electrons. The maximum absolute atomic E-state index is 11.4. The molecule has 0 saturated carbocycles. The van der Waals surface area contributed by atoms with Gasteiger partial charge in [0.2, 0.25) is 11.8 Å². The lowest BCUT2D eigenvalue weighted by Gasteiger charge is -2.16. The predicted molar refractivity (Wildman–Crippen MR) is 274 cm³/mol. The molecule has 0 aliphatic carbocycles. The number of nitrogens with one attached hydrogen (secondary N) is 4. The van der Waals surface area contributed by atoms with Gasteiger partial charge >= 0.3 is 0 Å². The molecule has 0 atom stereocenters. The standard InChI is InChI=1S/C58H46N8O4/c1-39(67)61-63-69-51-35-27-47(28-36-51)57-59-53(43-15-7-3-8-16-43)55(45-19-11-5-12-20-45)65(57)49-31-23-41(24-32-49)42-25-33-50(34-26-42)66-56(46-21-13-6-14-22-46)54(44-17-9-4-10-18-44)60-58(66)48-29-37-52(38-30-48)70-64-62-40(2)68/h3-38,63-64H,1-2H3,(H,61,67)(H,62,68). The van der Waals surface area contributed by atoms with Crippen LogP contribution in [0.15, 0.2) is 218 Å². The molecule has 0 saturated heterocycles. The van der Waals surface area contributed by atoms with E-state index in [0.29, 0.717) is 11.5 Å². The molecule has 10 aromatic rings. The largest absolute Gasteiger partial charge is 0.389 e. The first-order valence-electron chi connectivity index (χ1n) is 22.6. The summed E-state index contributed by atoms with van der Waals surface area (Å²) in [5.74, 6) is 2.00. The molecular formula is C58H46N8O4. The number of carbonyl (C=O) groups excluding carboxylic acids is 2. The van der Waals surface area contributed by atoms with Crippen LogP contribution < -0.4 is 31.7 Å². The molecule has 0 bridgehead atoms. The molecule has 0 spiro atoms. The van der Waals surface area contributed by atoms with Crippen LogP contribution in [-0.4, -0.2) is 30.9 Å². The van der Waals surface area contributed by atoms with E-state index in [-0.39, 0.29) is 11.8 Å². The van der Waals surface area contributed by atoms with Crippen molar-refractivity contribution in [2.75, 3.05) is 0 Å². The maximum Gasteiger partial charge on any atom is 0.233 e. The topological polar surface area (TPSA) is 136 Å². The van der Waals surface area contributed by atoms with Gasteiger partial charge in [0.1, 0.15) is 23.1 Å². The molecule has 0 fully saturated rings. The van der Waals surface area contributed by atoms with Gasteiger partial charge in [-0.25, -0.2) is 9.97 Å². The molecule has 342 valence electrons. The van der Waals surface area contributed by atoms with Crippen molar-refractivity contribution in [3.8, 4) is 102 Å². The number of hydrazine groups is 2. The Hall–Kier alpha value is -9.36. The van der Waals surface area contributed by atoms with Crippen molar-refractivity contribution in [3.63, 3.8) is 0 Å². The number of imidazole rings is 2. The van der Waals surface area contributed by atoms with Crippen LogP contribution in [0.4, 0.5) is 0 Å². The lowest BCUT2D eigenvalue weighted by Crippen LogP contribution is -2.38. The van der Waals surface area contributed by atoms with Crippen LogP contribution in [0.3, 0.4) is 0 Å². The maximum atomic E-state index is 11.4.